The molecule has 1 aromatic rings. The number of allylic oxidation sites excluding steroid dienone is 2. The molecule has 0 radical (unpaired) electrons. The number of aliphatic hydroxyl groups is 1. The molecule has 0 bridgehead atoms. The van der Waals surface area contributed by atoms with Crippen LogP contribution in [0, 0.1) is 50.2 Å². The lowest BCUT2D eigenvalue weighted by molar-refractivity contribution is -0.202. The van der Waals surface area contributed by atoms with Gasteiger partial charge >= 0.3 is 6.18 Å². The van der Waals surface area contributed by atoms with Gasteiger partial charge < -0.3 is 10.4 Å². The molecule has 2 N–H and O–H groups in total. The second-order valence-electron chi connectivity index (χ2n) is 17.5. The Bertz CT molecular complexity index is 1420. The summed E-state index contributed by atoms with van der Waals surface area (Å²) in [5.41, 5.74) is -0.192. The summed E-state index contributed by atoms with van der Waals surface area (Å²) < 4.78 is 39.0. The number of alkyl halides is 3. The molecule has 5 aliphatic carbocycles. The summed E-state index contributed by atoms with van der Waals surface area (Å²) in [4.78, 5) is 28.3. The summed E-state index contributed by atoms with van der Waals surface area (Å²) in [7, 11) is 0. The first kappa shape index (κ1) is 32.8. The molecule has 7 heteroatoms. The number of aliphatic hydroxyl groups excluding tert-OH is 1. The number of rotatable bonds is 3. The number of carbonyl (C=O) groups excluding carboxylic acids is 2. The third kappa shape index (κ3) is 4.70. The van der Waals surface area contributed by atoms with Gasteiger partial charge in [-0.15, -0.1) is 0 Å². The molecule has 0 saturated heterocycles. The quantitative estimate of drug-likeness (QED) is 0.353. The van der Waals surface area contributed by atoms with Crippen molar-refractivity contribution < 1.29 is 27.9 Å². The van der Waals surface area contributed by atoms with Crippen molar-refractivity contribution in [2.45, 2.75) is 125 Å². The van der Waals surface area contributed by atoms with Gasteiger partial charge in [-0.1, -0.05) is 66.2 Å². The molecule has 5 aliphatic rings. The predicted molar refractivity (Wildman–Crippen MR) is 169 cm³/mol. The normalized spacial score (nSPS) is 44.1. The number of fused-ring (bicyclic) bond motifs is 7. The Hall–Kier alpha value is -2.15. The van der Waals surface area contributed by atoms with E-state index < -0.39 is 17.2 Å². The van der Waals surface area contributed by atoms with E-state index in [-0.39, 0.29) is 69.2 Å². The van der Waals surface area contributed by atoms with Crippen LogP contribution in [0.2, 0.25) is 0 Å². The summed E-state index contributed by atoms with van der Waals surface area (Å²) in [6.07, 6.45) is 5.26. The van der Waals surface area contributed by atoms with Crippen LogP contribution in [0.1, 0.15) is 117 Å². The average molecular weight is 628 g/mol. The maximum absolute atomic E-state index is 14.5. The molecule has 1 aromatic carbocycles. The molecular weight excluding hydrogens is 575 g/mol. The maximum atomic E-state index is 14.5. The number of benzene rings is 1. The molecule has 248 valence electrons. The van der Waals surface area contributed by atoms with Gasteiger partial charge in [0.25, 0.3) is 0 Å². The van der Waals surface area contributed by atoms with Gasteiger partial charge in [0.1, 0.15) is 0 Å². The molecule has 0 unspecified atom stereocenters. The van der Waals surface area contributed by atoms with Crippen LogP contribution in [0.5, 0.6) is 0 Å². The van der Waals surface area contributed by atoms with Crippen LogP contribution in [-0.4, -0.2) is 22.9 Å². The highest BCUT2D eigenvalue weighted by Gasteiger charge is 2.70. The lowest BCUT2D eigenvalue weighted by Crippen LogP contribution is -2.66. The summed E-state index contributed by atoms with van der Waals surface area (Å²) in [5.74, 6) is 0.487. The van der Waals surface area contributed by atoms with Crippen molar-refractivity contribution in [3.05, 3.63) is 47.0 Å². The Balaban J connectivity index is 1.28. The van der Waals surface area contributed by atoms with Crippen molar-refractivity contribution in [1.82, 2.24) is 5.32 Å². The Morgan fingerprint density at radius 1 is 0.911 bits per heavy atom. The van der Waals surface area contributed by atoms with Crippen molar-refractivity contribution in [2.75, 3.05) is 0 Å². The van der Waals surface area contributed by atoms with Gasteiger partial charge in [-0.05, 0) is 120 Å². The Morgan fingerprint density at radius 3 is 2.20 bits per heavy atom. The standard InChI is InChI=1S/C38H52F3NO3/c1-32(2)28-12-15-37(7)30(35(28,5)14-13-29(32)44)27(43)20-25-26-21-34(4,17-16-33(26,3)18-19-36(25,37)6)31(45)42-22-23-8-10-24(11-9-23)38(39,40)41/h8-11,20,26,28-30,44H,12-19,21-22H2,1-7H3,(H,42,45)/t26-,28-,29-,30+,33+,34-,35-,36+,37+/m0/s1. The third-order valence-electron chi connectivity index (χ3n) is 14.8. The van der Waals surface area contributed by atoms with Gasteiger partial charge in [0, 0.05) is 17.9 Å². The maximum Gasteiger partial charge on any atom is 0.416 e. The van der Waals surface area contributed by atoms with E-state index in [9.17, 15) is 27.9 Å². The molecule has 0 aliphatic heterocycles. The molecule has 9 atom stereocenters. The number of carbonyl (C=O) groups is 2. The molecule has 45 heavy (non-hydrogen) atoms. The SMILES string of the molecule is CC1(C)[C@@H](O)CC[C@]2(C)[C@H]3C(=O)C=C4[C@@H]5C[C@@](C)(C(=O)NCc6ccc(C(F)(F)F)cc6)CC[C@]5(C)CC[C@@]4(C)[C@]3(C)CC[C@@H]12. The number of halogens is 3. The second-order valence-corrected chi connectivity index (χ2v) is 17.5. The van der Waals surface area contributed by atoms with E-state index >= 15 is 0 Å². The fourth-order valence-corrected chi connectivity index (χ4v) is 11.6. The molecule has 4 nitrogen and oxygen atoms in total. The smallest absolute Gasteiger partial charge is 0.393 e. The number of hydrogen-bond acceptors (Lipinski definition) is 3. The van der Waals surface area contributed by atoms with E-state index in [1.165, 1.54) is 17.7 Å². The summed E-state index contributed by atoms with van der Waals surface area (Å²) in [6, 6.07) is 4.97. The summed E-state index contributed by atoms with van der Waals surface area (Å²) >= 11 is 0. The fraction of sp³-hybridized carbons (Fsp3) is 0.737. The monoisotopic (exact) mass is 627 g/mol. The zero-order valence-corrected chi connectivity index (χ0v) is 28.2. The van der Waals surface area contributed by atoms with Crippen molar-refractivity contribution in [3.8, 4) is 0 Å². The number of hydrogen-bond donors (Lipinski definition) is 2. The zero-order chi connectivity index (χ0) is 33.0. The second kappa shape index (κ2) is 10.2. The highest BCUT2D eigenvalue weighted by Crippen LogP contribution is 2.75. The molecule has 0 heterocycles. The molecule has 6 rings (SSSR count). The van der Waals surface area contributed by atoms with Crippen molar-refractivity contribution >= 4 is 11.7 Å². The van der Waals surface area contributed by atoms with Gasteiger partial charge in [-0.2, -0.15) is 13.2 Å². The van der Waals surface area contributed by atoms with Crippen LogP contribution in [0.4, 0.5) is 13.2 Å². The number of amides is 1. The first-order chi connectivity index (χ1) is 20.7. The van der Waals surface area contributed by atoms with Gasteiger partial charge in [-0.3, -0.25) is 9.59 Å². The van der Waals surface area contributed by atoms with E-state index in [1.54, 1.807) is 0 Å². The fourth-order valence-electron chi connectivity index (χ4n) is 11.6. The minimum Gasteiger partial charge on any atom is -0.393 e. The summed E-state index contributed by atoms with van der Waals surface area (Å²) in [5, 5.41) is 14.0. The van der Waals surface area contributed by atoms with Crippen LogP contribution >= 0.6 is 0 Å². The molecule has 4 fully saturated rings. The predicted octanol–water partition coefficient (Wildman–Crippen LogP) is 8.66. The Kier molecular flexibility index (Phi) is 7.41. The Morgan fingerprint density at radius 2 is 1.56 bits per heavy atom. The number of nitrogens with one attached hydrogen (secondary N) is 1. The van der Waals surface area contributed by atoms with Crippen LogP contribution in [0.3, 0.4) is 0 Å². The topological polar surface area (TPSA) is 66.4 Å². The summed E-state index contributed by atoms with van der Waals surface area (Å²) in [6.45, 7) is 16.0. The molecule has 1 amide bonds. The van der Waals surface area contributed by atoms with Crippen LogP contribution < -0.4 is 5.32 Å². The van der Waals surface area contributed by atoms with Crippen LogP contribution in [-0.2, 0) is 22.3 Å². The first-order valence-corrected chi connectivity index (χ1v) is 17.1. The Labute approximate surface area is 267 Å². The van der Waals surface area contributed by atoms with Crippen LogP contribution in [0.15, 0.2) is 35.9 Å². The molecule has 0 spiro atoms. The van der Waals surface area contributed by atoms with Gasteiger partial charge in [0.2, 0.25) is 5.91 Å². The van der Waals surface area contributed by atoms with Crippen molar-refractivity contribution in [3.63, 3.8) is 0 Å². The highest BCUT2D eigenvalue weighted by molar-refractivity contribution is 5.95. The van der Waals surface area contributed by atoms with E-state index in [4.69, 9.17) is 0 Å². The van der Waals surface area contributed by atoms with Gasteiger partial charge in [0.05, 0.1) is 11.7 Å². The van der Waals surface area contributed by atoms with Crippen molar-refractivity contribution in [2.24, 2.45) is 50.2 Å². The molecular formula is C38H52F3NO3. The van der Waals surface area contributed by atoms with Gasteiger partial charge in [-0.25, -0.2) is 0 Å². The minimum absolute atomic E-state index is 0.0140. The third-order valence-corrected chi connectivity index (χ3v) is 14.8. The van der Waals surface area contributed by atoms with Gasteiger partial charge in [0.15, 0.2) is 5.78 Å². The van der Waals surface area contributed by atoms with E-state index in [0.717, 1.165) is 63.5 Å². The highest BCUT2D eigenvalue weighted by atomic mass is 19.4. The van der Waals surface area contributed by atoms with E-state index in [2.05, 4.69) is 46.9 Å². The lowest BCUT2D eigenvalue weighted by atomic mass is 9.33. The first-order valence-electron chi connectivity index (χ1n) is 17.1. The van der Waals surface area contributed by atoms with Crippen LogP contribution in [0.25, 0.3) is 0 Å². The zero-order valence-electron chi connectivity index (χ0n) is 28.2. The largest absolute Gasteiger partial charge is 0.416 e. The minimum atomic E-state index is -4.39. The van der Waals surface area contributed by atoms with E-state index in [0.29, 0.717) is 12.0 Å². The number of ketones is 1. The molecule has 0 aromatic heterocycles. The van der Waals surface area contributed by atoms with E-state index in [1.807, 2.05) is 13.0 Å². The van der Waals surface area contributed by atoms with Crippen molar-refractivity contribution in [1.29, 1.82) is 0 Å². The average Bonchev–Trinajstić information content (AvgIpc) is 2.95. The molecule has 4 saturated carbocycles. The lowest BCUT2D eigenvalue weighted by Gasteiger charge is -2.70.